The highest BCUT2D eigenvalue weighted by molar-refractivity contribution is 5.69. The Morgan fingerprint density at radius 1 is 1.21 bits per heavy atom. The van der Waals surface area contributed by atoms with Gasteiger partial charge in [0.05, 0.1) is 6.04 Å². The molecular formula is C12H22N2. The molecule has 0 aliphatic heterocycles. The molecule has 0 saturated heterocycles. The van der Waals surface area contributed by atoms with Crippen LogP contribution in [-0.4, -0.2) is 17.3 Å². The topological polar surface area (TPSA) is 15.6 Å². The van der Waals surface area contributed by atoms with Crippen LogP contribution in [0.5, 0.6) is 0 Å². The number of hydrogen-bond acceptors (Lipinski definition) is 2. The summed E-state index contributed by atoms with van der Waals surface area (Å²) in [7, 11) is 0. The van der Waals surface area contributed by atoms with Crippen molar-refractivity contribution in [2.24, 2.45) is 5.10 Å². The SMILES string of the molecule is C=C/C=N\N(C=C)C(CCC)CCC. The smallest absolute Gasteiger partial charge is 0.0518 e. The van der Waals surface area contributed by atoms with Crippen molar-refractivity contribution in [2.75, 3.05) is 0 Å². The summed E-state index contributed by atoms with van der Waals surface area (Å²) in [6.07, 6.45) is 9.86. The molecule has 2 heteroatoms. The summed E-state index contributed by atoms with van der Waals surface area (Å²) < 4.78 is 0. The second-order valence-corrected chi connectivity index (χ2v) is 3.29. The van der Waals surface area contributed by atoms with Gasteiger partial charge in [0.1, 0.15) is 0 Å². The molecule has 0 atom stereocenters. The molecule has 2 nitrogen and oxygen atoms in total. The van der Waals surface area contributed by atoms with Gasteiger partial charge in [0.25, 0.3) is 0 Å². The van der Waals surface area contributed by atoms with Gasteiger partial charge in [0, 0.05) is 12.4 Å². The van der Waals surface area contributed by atoms with Crippen molar-refractivity contribution in [3.8, 4) is 0 Å². The minimum absolute atomic E-state index is 0.485. The second-order valence-electron chi connectivity index (χ2n) is 3.29. The van der Waals surface area contributed by atoms with Crippen LogP contribution in [0.1, 0.15) is 39.5 Å². The van der Waals surface area contributed by atoms with Crippen LogP contribution in [0.2, 0.25) is 0 Å². The first-order valence-electron chi connectivity index (χ1n) is 5.36. The van der Waals surface area contributed by atoms with Crippen molar-refractivity contribution in [3.05, 3.63) is 25.4 Å². The van der Waals surface area contributed by atoms with Crippen LogP contribution in [0.3, 0.4) is 0 Å². The number of hydrogen-bond donors (Lipinski definition) is 0. The summed E-state index contributed by atoms with van der Waals surface area (Å²) in [5.41, 5.74) is 0. The first kappa shape index (κ1) is 12.9. The van der Waals surface area contributed by atoms with Gasteiger partial charge in [-0.25, -0.2) is 0 Å². The average molecular weight is 194 g/mol. The zero-order valence-electron chi connectivity index (χ0n) is 9.45. The predicted octanol–water partition coefficient (Wildman–Crippen LogP) is 3.57. The van der Waals surface area contributed by atoms with Crippen molar-refractivity contribution in [2.45, 2.75) is 45.6 Å². The molecule has 0 spiro atoms. The van der Waals surface area contributed by atoms with Crippen LogP contribution in [-0.2, 0) is 0 Å². The van der Waals surface area contributed by atoms with E-state index < -0.39 is 0 Å². The van der Waals surface area contributed by atoms with E-state index in [1.807, 2.05) is 5.01 Å². The van der Waals surface area contributed by atoms with Crippen LogP contribution in [0.15, 0.2) is 30.5 Å². The van der Waals surface area contributed by atoms with Crippen LogP contribution in [0, 0.1) is 0 Å². The normalized spacial score (nSPS) is 10.8. The minimum atomic E-state index is 0.485. The highest BCUT2D eigenvalue weighted by atomic mass is 15.5. The molecule has 0 aliphatic rings. The molecule has 0 fully saturated rings. The minimum Gasteiger partial charge on any atom is -0.270 e. The Hall–Kier alpha value is -1.05. The Bertz CT molecular complexity index is 179. The van der Waals surface area contributed by atoms with Gasteiger partial charge in [-0.05, 0) is 18.9 Å². The molecule has 0 heterocycles. The Morgan fingerprint density at radius 2 is 1.79 bits per heavy atom. The molecule has 0 bridgehead atoms. The molecule has 0 aromatic carbocycles. The summed E-state index contributed by atoms with van der Waals surface area (Å²) in [5, 5.41) is 6.21. The van der Waals surface area contributed by atoms with Crippen molar-refractivity contribution in [3.63, 3.8) is 0 Å². The van der Waals surface area contributed by atoms with Crippen molar-refractivity contribution < 1.29 is 0 Å². The van der Waals surface area contributed by atoms with E-state index in [-0.39, 0.29) is 0 Å². The largest absolute Gasteiger partial charge is 0.270 e. The third-order valence-electron chi connectivity index (χ3n) is 2.11. The molecule has 0 N–H and O–H groups in total. The first-order chi connectivity index (χ1) is 6.79. The van der Waals surface area contributed by atoms with E-state index in [0.29, 0.717) is 6.04 Å². The van der Waals surface area contributed by atoms with E-state index in [9.17, 15) is 0 Å². The lowest BCUT2D eigenvalue weighted by atomic mass is 10.1. The maximum Gasteiger partial charge on any atom is 0.0518 e. The number of hydrazone groups is 1. The van der Waals surface area contributed by atoms with Crippen molar-refractivity contribution >= 4 is 6.21 Å². The van der Waals surface area contributed by atoms with E-state index >= 15 is 0 Å². The molecule has 0 aliphatic carbocycles. The lowest BCUT2D eigenvalue weighted by Gasteiger charge is -2.25. The quantitative estimate of drug-likeness (QED) is 0.426. The van der Waals surface area contributed by atoms with E-state index in [2.05, 4.69) is 32.1 Å². The lowest BCUT2D eigenvalue weighted by molar-refractivity contribution is 0.258. The molecule has 0 unspecified atom stereocenters. The number of nitrogens with zero attached hydrogens (tertiary/aromatic N) is 2. The summed E-state index contributed by atoms with van der Waals surface area (Å²) >= 11 is 0. The third-order valence-corrected chi connectivity index (χ3v) is 2.11. The lowest BCUT2D eigenvalue weighted by Crippen LogP contribution is -2.25. The zero-order chi connectivity index (χ0) is 10.8. The van der Waals surface area contributed by atoms with E-state index in [4.69, 9.17) is 0 Å². The average Bonchev–Trinajstić information content (AvgIpc) is 2.19. The Kier molecular flexibility index (Phi) is 7.90. The monoisotopic (exact) mass is 194 g/mol. The first-order valence-corrected chi connectivity index (χ1v) is 5.36. The Morgan fingerprint density at radius 3 is 2.14 bits per heavy atom. The highest BCUT2D eigenvalue weighted by Crippen LogP contribution is 2.13. The molecule has 0 aromatic heterocycles. The Labute approximate surface area is 88.0 Å². The fourth-order valence-electron chi connectivity index (χ4n) is 1.49. The van der Waals surface area contributed by atoms with Gasteiger partial charge < -0.3 is 0 Å². The van der Waals surface area contributed by atoms with Gasteiger partial charge in [-0.3, -0.25) is 5.01 Å². The number of rotatable bonds is 8. The molecule has 0 aromatic rings. The van der Waals surface area contributed by atoms with E-state index in [0.717, 1.165) is 12.8 Å². The maximum absolute atomic E-state index is 4.27. The van der Waals surface area contributed by atoms with Crippen LogP contribution in [0.4, 0.5) is 0 Å². The van der Waals surface area contributed by atoms with E-state index in [1.165, 1.54) is 12.8 Å². The molecule has 14 heavy (non-hydrogen) atoms. The van der Waals surface area contributed by atoms with E-state index in [1.54, 1.807) is 18.5 Å². The van der Waals surface area contributed by atoms with Crippen molar-refractivity contribution in [1.82, 2.24) is 5.01 Å². The van der Waals surface area contributed by atoms with Gasteiger partial charge in [0.15, 0.2) is 0 Å². The van der Waals surface area contributed by atoms with Gasteiger partial charge in [-0.2, -0.15) is 5.10 Å². The maximum atomic E-state index is 4.27. The molecule has 0 amide bonds. The summed E-state index contributed by atoms with van der Waals surface area (Å²) in [4.78, 5) is 0. The fraction of sp³-hybridized carbons (Fsp3) is 0.583. The molecule has 80 valence electrons. The zero-order valence-corrected chi connectivity index (χ0v) is 9.45. The summed E-state index contributed by atoms with van der Waals surface area (Å²) in [6, 6.07) is 0.485. The van der Waals surface area contributed by atoms with Gasteiger partial charge in [-0.15, -0.1) is 0 Å². The fourth-order valence-corrected chi connectivity index (χ4v) is 1.49. The molecule has 0 radical (unpaired) electrons. The summed E-state index contributed by atoms with van der Waals surface area (Å²) in [5.74, 6) is 0. The standard InChI is InChI=1S/C12H22N2/c1-5-9-12(10-6-2)14(8-4)13-11-7-3/h7-8,11-12H,3-6,9-10H2,1-2H3/b13-11-. The number of allylic oxidation sites excluding steroid dienone is 1. The molecule has 0 saturated carbocycles. The van der Waals surface area contributed by atoms with Crippen LogP contribution in [0.25, 0.3) is 0 Å². The van der Waals surface area contributed by atoms with Crippen LogP contribution >= 0.6 is 0 Å². The Balaban J connectivity index is 4.31. The third kappa shape index (κ3) is 4.85. The second kappa shape index (κ2) is 8.54. The molecule has 0 rings (SSSR count). The summed E-state index contributed by atoms with van der Waals surface area (Å²) in [6.45, 7) is 11.8. The van der Waals surface area contributed by atoms with Gasteiger partial charge in [0.2, 0.25) is 0 Å². The molecular weight excluding hydrogens is 172 g/mol. The highest BCUT2D eigenvalue weighted by Gasteiger charge is 2.11. The van der Waals surface area contributed by atoms with Crippen LogP contribution < -0.4 is 0 Å². The van der Waals surface area contributed by atoms with Gasteiger partial charge >= 0.3 is 0 Å². The van der Waals surface area contributed by atoms with Gasteiger partial charge in [-0.1, -0.05) is 39.8 Å². The predicted molar refractivity (Wildman–Crippen MR) is 64.3 cm³/mol. The van der Waals surface area contributed by atoms with Crippen molar-refractivity contribution in [1.29, 1.82) is 0 Å².